The highest BCUT2D eigenvalue weighted by Gasteiger charge is 2.72. The number of hydrogen-bond donors (Lipinski definition) is 1. The molecule has 1 N–H and O–H groups in total. The predicted molar refractivity (Wildman–Crippen MR) is 96.9 cm³/mol. The second-order valence-electron chi connectivity index (χ2n) is 7.22. The van der Waals surface area contributed by atoms with Gasteiger partial charge in [0.25, 0.3) is 6.29 Å². The first-order valence-corrected chi connectivity index (χ1v) is 9.08. The van der Waals surface area contributed by atoms with Gasteiger partial charge >= 0.3 is 17.9 Å². The lowest BCUT2D eigenvalue weighted by molar-refractivity contribution is -0.226. The van der Waals surface area contributed by atoms with E-state index in [0.29, 0.717) is 0 Å². The van der Waals surface area contributed by atoms with E-state index in [9.17, 15) is 29.1 Å². The average Bonchev–Trinajstić information content (AvgIpc) is 3.32. The molecular weight excluding hydrogens is 398 g/mol. The molecule has 3 aliphatic rings. The zero-order valence-electron chi connectivity index (χ0n) is 15.9. The van der Waals surface area contributed by atoms with Crippen molar-refractivity contribution >= 4 is 35.4 Å². The van der Waals surface area contributed by atoms with E-state index < -0.39 is 59.6 Å². The van der Waals surface area contributed by atoms with Crippen molar-refractivity contribution in [2.75, 3.05) is 4.90 Å². The summed E-state index contributed by atoms with van der Waals surface area (Å²) in [5.74, 6) is -6.01. The Morgan fingerprint density at radius 2 is 1.80 bits per heavy atom. The van der Waals surface area contributed by atoms with Gasteiger partial charge in [-0.05, 0) is 24.3 Å². The van der Waals surface area contributed by atoms with Crippen LogP contribution in [-0.4, -0.2) is 52.8 Å². The van der Waals surface area contributed by atoms with Gasteiger partial charge in [-0.2, -0.15) is 0 Å². The molecule has 0 aromatic heterocycles. The number of carboxylic acids is 1. The molecule has 4 atom stereocenters. The van der Waals surface area contributed by atoms with Gasteiger partial charge in [-0.25, -0.2) is 9.69 Å². The summed E-state index contributed by atoms with van der Waals surface area (Å²) in [6.07, 6.45) is 0.680. The Morgan fingerprint density at radius 1 is 1.13 bits per heavy atom. The molecule has 2 saturated heterocycles. The lowest BCUT2D eigenvalue weighted by Crippen LogP contribution is -2.52. The normalized spacial score (nSPS) is 28.8. The van der Waals surface area contributed by atoms with Gasteiger partial charge in [-0.15, -0.1) is 0 Å². The molecule has 10 nitrogen and oxygen atoms in total. The standard InChI is InChI=1S/C20H17NO9/c1-9(22)28-19(29-10(2)23)20-7-6-13(30-20)14-15(20)17(25)21(16(14)24)12-5-3-4-11(8-12)18(26)27/h3-8,13-15,19H,1-2H3,(H,26,27)/t13-,14+,15-,20+/m0/s1. The van der Waals surface area contributed by atoms with Crippen LogP contribution in [0.5, 0.6) is 0 Å². The number of aromatic carboxylic acids is 1. The van der Waals surface area contributed by atoms with Crippen LogP contribution in [0.1, 0.15) is 24.2 Å². The number of anilines is 1. The van der Waals surface area contributed by atoms with Crippen LogP contribution in [0.15, 0.2) is 36.4 Å². The summed E-state index contributed by atoms with van der Waals surface area (Å²) in [6, 6.07) is 5.43. The molecule has 0 radical (unpaired) electrons. The van der Waals surface area contributed by atoms with E-state index in [1.54, 1.807) is 6.08 Å². The highest BCUT2D eigenvalue weighted by Crippen LogP contribution is 2.54. The van der Waals surface area contributed by atoms with E-state index >= 15 is 0 Å². The summed E-state index contributed by atoms with van der Waals surface area (Å²) in [6.45, 7) is 2.22. The van der Waals surface area contributed by atoms with Gasteiger partial charge in [-0.1, -0.05) is 12.1 Å². The average molecular weight is 415 g/mol. The highest BCUT2D eigenvalue weighted by molar-refractivity contribution is 6.23. The molecule has 2 fully saturated rings. The molecule has 4 rings (SSSR count). The van der Waals surface area contributed by atoms with E-state index in [4.69, 9.17) is 14.2 Å². The van der Waals surface area contributed by atoms with Crippen LogP contribution in [0.25, 0.3) is 0 Å². The Bertz CT molecular complexity index is 999. The van der Waals surface area contributed by atoms with Crippen LogP contribution >= 0.6 is 0 Å². The Morgan fingerprint density at radius 3 is 2.40 bits per heavy atom. The maximum Gasteiger partial charge on any atom is 0.335 e. The Balaban J connectivity index is 1.75. The molecule has 0 saturated carbocycles. The molecule has 0 unspecified atom stereocenters. The predicted octanol–water partition coefficient (Wildman–Crippen LogP) is 0.650. The fraction of sp³-hybridized carbons (Fsp3) is 0.350. The number of ether oxygens (including phenoxy) is 3. The monoisotopic (exact) mass is 415 g/mol. The van der Waals surface area contributed by atoms with Crippen LogP contribution < -0.4 is 4.90 Å². The molecular formula is C20H17NO9. The molecule has 2 amide bonds. The zero-order valence-corrected chi connectivity index (χ0v) is 15.9. The molecule has 30 heavy (non-hydrogen) atoms. The molecule has 156 valence electrons. The van der Waals surface area contributed by atoms with Gasteiger partial charge in [0.15, 0.2) is 5.60 Å². The molecule has 10 heteroatoms. The van der Waals surface area contributed by atoms with Crippen molar-refractivity contribution in [3.8, 4) is 0 Å². The molecule has 1 aromatic carbocycles. The maximum atomic E-state index is 13.3. The van der Waals surface area contributed by atoms with Gasteiger partial charge in [0.1, 0.15) is 0 Å². The van der Waals surface area contributed by atoms with Crippen LogP contribution in [-0.2, 0) is 33.4 Å². The maximum absolute atomic E-state index is 13.3. The van der Waals surface area contributed by atoms with Crippen LogP contribution in [0.4, 0.5) is 5.69 Å². The van der Waals surface area contributed by atoms with Gasteiger partial charge < -0.3 is 19.3 Å². The van der Waals surface area contributed by atoms with Gasteiger partial charge in [0.05, 0.1) is 29.2 Å². The van der Waals surface area contributed by atoms with Crippen LogP contribution in [0, 0.1) is 11.8 Å². The Kier molecular flexibility index (Phi) is 4.46. The van der Waals surface area contributed by atoms with Crippen molar-refractivity contribution < 1.29 is 43.3 Å². The smallest absolute Gasteiger partial charge is 0.335 e. The molecule has 3 heterocycles. The second kappa shape index (κ2) is 6.77. The first kappa shape index (κ1) is 19.8. The minimum Gasteiger partial charge on any atom is -0.478 e. The zero-order chi connectivity index (χ0) is 21.8. The molecule has 0 spiro atoms. The summed E-state index contributed by atoms with van der Waals surface area (Å²) in [4.78, 5) is 61.7. The lowest BCUT2D eigenvalue weighted by Gasteiger charge is -2.34. The van der Waals surface area contributed by atoms with Crippen molar-refractivity contribution in [2.24, 2.45) is 11.8 Å². The van der Waals surface area contributed by atoms with E-state index in [-0.39, 0.29) is 11.3 Å². The van der Waals surface area contributed by atoms with Crippen molar-refractivity contribution in [1.82, 2.24) is 0 Å². The number of carboxylic acid groups (broad SMARTS) is 1. The Hall–Kier alpha value is -3.53. The highest BCUT2D eigenvalue weighted by atomic mass is 16.7. The van der Waals surface area contributed by atoms with E-state index in [1.807, 2.05) is 0 Å². The number of hydrogen-bond acceptors (Lipinski definition) is 8. The number of esters is 2. The van der Waals surface area contributed by atoms with Crippen molar-refractivity contribution in [2.45, 2.75) is 31.8 Å². The quantitative estimate of drug-likeness (QED) is 0.318. The molecule has 1 aromatic rings. The largest absolute Gasteiger partial charge is 0.478 e. The van der Waals surface area contributed by atoms with E-state index in [0.717, 1.165) is 18.7 Å². The third-order valence-electron chi connectivity index (χ3n) is 5.34. The first-order valence-electron chi connectivity index (χ1n) is 9.08. The summed E-state index contributed by atoms with van der Waals surface area (Å²) < 4.78 is 16.1. The number of rotatable bonds is 5. The summed E-state index contributed by atoms with van der Waals surface area (Å²) in [5.41, 5.74) is -1.64. The number of nitrogens with zero attached hydrogens (tertiary/aromatic N) is 1. The van der Waals surface area contributed by atoms with Gasteiger partial charge in [0, 0.05) is 13.8 Å². The number of benzene rings is 1. The van der Waals surface area contributed by atoms with E-state index in [2.05, 4.69) is 0 Å². The Labute approximate surface area is 170 Å². The molecule has 2 bridgehead atoms. The van der Waals surface area contributed by atoms with Crippen molar-refractivity contribution in [1.29, 1.82) is 0 Å². The summed E-state index contributed by atoms with van der Waals surface area (Å²) in [5, 5.41) is 9.21. The van der Waals surface area contributed by atoms with Gasteiger partial charge in [-0.3, -0.25) is 19.2 Å². The van der Waals surface area contributed by atoms with Crippen LogP contribution in [0.3, 0.4) is 0 Å². The fourth-order valence-corrected chi connectivity index (χ4v) is 4.25. The number of imide groups is 1. The minimum absolute atomic E-state index is 0.0880. The van der Waals surface area contributed by atoms with Crippen molar-refractivity contribution in [3.63, 3.8) is 0 Å². The second-order valence-corrected chi connectivity index (χ2v) is 7.22. The number of carbonyl (C=O) groups excluding carboxylic acids is 4. The third-order valence-corrected chi connectivity index (χ3v) is 5.34. The third kappa shape index (κ3) is 2.79. The first-order chi connectivity index (χ1) is 14.2. The number of fused-ring (bicyclic) bond motifs is 5. The summed E-state index contributed by atoms with van der Waals surface area (Å²) >= 11 is 0. The van der Waals surface area contributed by atoms with Crippen LogP contribution in [0.2, 0.25) is 0 Å². The minimum atomic E-state index is -1.65. The fourth-order valence-electron chi connectivity index (χ4n) is 4.25. The number of amides is 2. The lowest BCUT2D eigenvalue weighted by atomic mass is 9.76. The van der Waals surface area contributed by atoms with Gasteiger partial charge in [0.2, 0.25) is 11.8 Å². The van der Waals surface area contributed by atoms with Crippen molar-refractivity contribution in [3.05, 3.63) is 42.0 Å². The topological polar surface area (TPSA) is 137 Å². The SMILES string of the molecule is CC(=O)OC(OC(C)=O)[C@]12C=C[C@H](O1)[C@H]1C(=O)N(c3cccc(C(=O)O)c3)C(=O)[C@H]12. The summed E-state index contributed by atoms with van der Waals surface area (Å²) in [7, 11) is 0. The molecule has 3 aliphatic heterocycles. The molecule has 0 aliphatic carbocycles. The number of carbonyl (C=O) groups is 5. The van der Waals surface area contributed by atoms with E-state index in [1.165, 1.54) is 30.3 Å².